The third-order valence-corrected chi connectivity index (χ3v) is 4.96. The Kier molecular flexibility index (Phi) is 5.45. The Morgan fingerprint density at radius 2 is 1.92 bits per heavy atom. The second-order valence-corrected chi connectivity index (χ2v) is 6.47. The Labute approximate surface area is 154 Å². The molecule has 0 radical (unpaired) electrons. The zero-order valence-corrected chi connectivity index (χ0v) is 15.6. The Morgan fingerprint density at radius 3 is 2.54 bits per heavy atom. The maximum atomic E-state index is 12.8. The summed E-state index contributed by atoms with van der Waals surface area (Å²) in [7, 11) is 1.62. The van der Waals surface area contributed by atoms with Crippen LogP contribution in [0.15, 0.2) is 46.8 Å². The minimum Gasteiger partial charge on any atom is -0.497 e. The molecule has 0 saturated heterocycles. The first kappa shape index (κ1) is 18.2. The van der Waals surface area contributed by atoms with Crippen molar-refractivity contribution in [2.24, 2.45) is 0 Å². The van der Waals surface area contributed by atoms with E-state index in [9.17, 15) is 9.59 Å². The predicted octanol–water partition coefficient (Wildman–Crippen LogP) is 3.62. The molecule has 1 aliphatic heterocycles. The van der Waals surface area contributed by atoms with Crippen LogP contribution in [0.1, 0.15) is 51.0 Å². The number of rotatable bonds is 5. The molecule has 1 N–H and O–H groups in total. The fourth-order valence-electron chi connectivity index (χ4n) is 3.75. The second-order valence-electron chi connectivity index (χ2n) is 6.47. The van der Waals surface area contributed by atoms with Crippen LogP contribution in [-0.2, 0) is 14.3 Å². The molecule has 26 heavy (non-hydrogen) atoms. The van der Waals surface area contributed by atoms with Crippen LogP contribution in [-0.4, -0.2) is 25.5 Å². The van der Waals surface area contributed by atoms with Crippen LogP contribution < -0.4 is 10.1 Å². The SMILES string of the molecule is CCOC(=O)C1=C(CC)NC2=C(C(=O)CCC2)[C@@H]1c1ccc(OC)cc1. The molecule has 1 heterocycles. The third kappa shape index (κ3) is 3.26. The highest BCUT2D eigenvalue weighted by Crippen LogP contribution is 2.43. The number of methoxy groups -OCH3 is 1. The third-order valence-electron chi connectivity index (χ3n) is 4.96. The van der Waals surface area contributed by atoms with Gasteiger partial charge in [-0.25, -0.2) is 4.79 Å². The second kappa shape index (κ2) is 7.77. The average molecular weight is 355 g/mol. The molecule has 0 bridgehead atoms. The number of nitrogens with one attached hydrogen (secondary N) is 1. The molecule has 0 unspecified atom stereocenters. The Hall–Kier alpha value is -2.56. The lowest BCUT2D eigenvalue weighted by atomic mass is 9.75. The van der Waals surface area contributed by atoms with Gasteiger partial charge in [-0.05, 0) is 43.9 Å². The van der Waals surface area contributed by atoms with Crippen molar-refractivity contribution in [2.45, 2.75) is 45.4 Å². The first-order valence-corrected chi connectivity index (χ1v) is 9.18. The first-order valence-electron chi connectivity index (χ1n) is 9.18. The number of carbonyl (C=O) groups is 2. The van der Waals surface area contributed by atoms with E-state index in [-0.39, 0.29) is 17.7 Å². The predicted molar refractivity (Wildman–Crippen MR) is 98.7 cm³/mol. The number of ketones is 1. The minimum absolute atomic E-state index is 0.108. The summed E-state index contributed by atoms with van der Waals surface area (Å²) in [5, 5.41) is 3.36. The summed E-state index contributed by atoms with van der Waals surface area (Å²) in [5.74, 6) is 0.0994. The van der Waals surface area contributed by atoms with Gasteiger partial charge in [-0.2, -0.15) is 0 Å². The summed E-state index contributed by atoms with van der Waals surface area (Å²) in [6.07, 6.45) is 2.86. The van der Waals surface area contributed by atoms with Gasteiger partial charge in [0.05, 0.1) is 19.3 Å². The highest BCUT2D eigenvalue weighted by atomic mass is 16.5. The number of Topliss-reactive ketones (excluding diaryl/α,β-unsaturated/α-hetero) is 1. The van der Waals surface area contributed by atoms with E-state index in [0.717, 1.165) is 35.5 Å². The van der Waals surface area contributed by atoms with Crippen LogP contribution in [0.3, 0.4) is 0 Å². The maximum Gasteiger partial charge on any atom is 0.336 e. The first-order chi connectivity index (χ1) is 12.6. The lowest BCUT2D eigenvalue weighted by Crippen LogP contribution is -2.35. The average Bonchev–Trinajstić information content (AvgIpc) is 2.67. The van der Waals surface area contributed by atoms with Crippen LogP contribution in [0.4, 0.5) is 0 Å². The molecule has 1 aromatic rings. The number of esters is 1. The molecular formula is C21H25NO4. The molecule has 0 aromatic heterocycles. The van der Waals surface area contributed by atoms with Crippen molar-refractivity contribution in [1.29, 1.82) is 0 Å². The number of hydrogen-bond donors (Lipinski definition) is 1. The molecule has 5 heteroatoms. The summed E-state index contributed by atoms with van der Waals surface area (Å²) < 4.78 is 10.6. The monoisotopic (exact) mass is 355 g/mol. The zero-order chi connectivity index (χ0) is 18.7. The highest BCUT2D eigenvalue weighted by Gasteiger charge is 2.39. The molecule has 2 aliphatic rings. The molecule has 1 atom stereocenters. The van der Waals surface area contributed by atoms with E-state index in [0.29, 0.717) is 30.6 Å². The van der Waals surface area contributed by atoms with Gasteiger partial charge in [-0.3, -0.25) is 4.79 Å². The maximum absolute atomic E-state index is 12.8. The Balaban J connectivity index is 2.16. The molecule has 0 spiro atoms. The van der Waals surface area contributed by atoms with E-state index in [2.05, 4.69) is 5.32 Å². The van der Waals surface area contributed by atoms with Gasteiger partial charge in [-0.1, -0.05) is 19.1 Å². The fourth-order valence-corrected chi connectivity index (χ4v) is 3.75. The van der Waals surface area contributed by atoms with Crippen molar-refractivity contribution < 1.29 is 19.1 Å². The van der Waals surface area contributed by atoms with E-state index < -0.39 is 0 Å². The molecule has 138 valence electrons. The quantitative estimate of drug-likeness (QED) is 0.818. The molecule has 1 aromatic carbocycles. The van der Waals surface area contributed by atoms with Gasteiger partial charge in [0.25, 0.3) is 0 Å². The van der Waals surface area contributed by atoms with Crippen molar-refractivity contribution in [2.75, 3.05) is 13.7 Å². The lowest BCUT2D eigenvalue weighted by molar-refractivity contribution is -0.138. The van der Waals surface area contributed by atoms with E-state index >= 15 is 0 Å². The highest BCUT2D eigenvalue weighted by molar-refractivity contribution is 6.03. The minimum atomic E-state index is -0.390. The van der Waals surface area contributed by atoms with Gasteiger partial charge in [0.15, 0.2) is 5.78 Å². The molecule has 0 amide bonds. The molecule has 0 fully saturated rings. The van der Waals surface area contributed by atoms with E-state index in [1.54, 1.807) is 14.0 Å². The number of ether oxygens (including phenoxy) is 2. The normalized spacial score (nSPS) is 19.8. The van der Waals surface area contributed by atoms with Crippen molar-refractivity contribution in [3.05, 3.63) is 52.4 Å². The summed E-state index contributed by atoms with van der Waals surface area (Å²) >= 11 is 0. The Morgan fingerprint density at radius 1 is 1.19 bits per heavy atom. The molecular weight excluding hydrogens is 330 g/mol. The molecule has 1 aliphatic carbocycles. The summed E-state index contributed by atoms with van der Waals surface area (Å²) in [6.45, 7) is 4.09. The molecule has 3 rings (SSSR count). The van der Waals surface area contributed by atoms with Crippen LogP contribution in [0.2, 0.25) is 0 Å². The van der Waals surface area contributed by atoms with Gasteiger partial charge in [0.1, 0.15) is 5.75 Å². The number of allylic oxidation sites excluding steroid dienone is 3. The van der Waals surface area contributed by atoms with Crippen molar-refractivity contribution >= 4 is 11.8 Å². The van der Waals surface area contributed by atoms with Crippen molar-refractivity contribution in [1.82, 2.24) is 5.32 Å². The standard InChI is InChI=1S/C21H25NO4/c1-4-15-20(21(24)26-5-2)18(13-9-11-14(25-3)12-10-13)19-16(22-15)7-6-8-17(19)23/h9-12,18,22H,4-8H2,1-3H3/t18-/m0/s1. The Bertz CT molecular complexity index is 774. The van der Waals surface area contributed by atoms with Gasteiger partial charge < -0.3 is 14.8 Å². The molecule has 5 nitrogen and oxygen atoms in total. The fraction of sp³-hybridized carbons (Fsp3) is 0.429. The molecule has 0 saturated carbocycles. The van der Waals surface area contributed by atoms with Crippen LogP contribution in [0, 0.1) is 0 Å². The van der Waals surface area contributed by atoms with Gasteiger partial charge in [0, 0.05) is 29.3 Å². The van der Waals surface area contributed by atoms with Gasteiger partial charge in [-0.15, -0.1) is 0 Å². The van der Waals surface area contributed by atoms with Gasteiger partial charge >= 0.3 is 5.97 Å². The smallest absolute Gasteiger partial charge is 0.336 e. The zero-order valence-electron chi connectivity index (χ0n) is 15.6. The topological polar surface area (TPSA) is 64.6 Å². The summed E-state index contributed by atoms with van der Waals surface area (Å²) in [5.41, 5.74) is 3.96. The summed E-state index contributed by atoms with van der Waals surface area (Å²) in [6, 6.07) is 7.57. The summed E-state index contributed by atoms with van der Waals surface area (Å²) in [4.78, 5) is 25.5. The van der Waals surface area contributed by atoms with Crippen LogP contribution in [0.25, 0.3) is 0 Å². The number of hydrogen-bond acceptors (Lipinski definition) is 5. The number of carbonyl (C=O) groups excluding carboxylic acids is 2. The number of dihydropyridines is 1. The van der Waals surface area contributed by atoms with Gasteiger partial charge in [0.2, 0.25) is 0 Å². The van der Waals surface area contributed by atoms with E-state index in [4.69, 9.17) is 9.47 Å². The van der Waals surface area contributed by atoms with Crippen LogP contribution >= 0.6 is 0 Å². The lowest BCUT2D eigenvalue weighted by Gasteiger charge is -2.34. The van der Waals surface area contributed by atoms with Crippen molar-refractivity contribution in [3.8, 4) is 5.75 Å². The van der Waals surface area contributed by atoms with Crippen molar-refractivity contribution in [3.63, 3.8) is 0 Å². The van der Waals surface area contributed by atoms with E-state index in [1.165, 1.54) is 0 Å². The van der Waals surface area contributed by atoms with Crippen LogP contribution in [0.5, 0.6) is 5.75 Å². The number of benzene rings is 1. The largest absolute Gasteiger partial charge is 0.497 e. The van der Waals surface area contributed by atoms with E-state index in [1.807, 2.05) is 31.2 Å².